The molecule has 38 heavy (non-hydrogen) atoms. The van der Waals surface area contributed by atoms with Crippen molar-refractivity contribution in [1.29, 1.82) is 0 Å². The maximum atomic E-state index is 13.4. The number of hydrogen-bond acceptors (Lipinski definition) is 9. The van der Waals surface area contributed by atoms with Gasteiger partial charge in [0.15, 0.2) is 11.4 Å². The monoisotopic (exact) mass is 518 g/mol. The van der Waals surface area contributed by atoms with Crippen LogP contribution in [0.15, 0.2) is 66.7 Å². The standard InChI is InChI=1S/C26H22N4O8/c1-36-18-7-3-16(4-8-18)14-29-24(26(32)33)23(27-28-29)25(31)21-13-20(11-12-22(21)30(34)35)38-15-17-5-9-19(37-2)10-6-17/h3-13H,14-15H2,1-2H3,(H,32,33). The van der Waals surface area contributed by atoms with Gasteiger partial charge in [0.2, 0.25) is 5.78 Å². The second-order valence-electron chi connectivity index (χ2n) is 8.00. The molecule has 1 heterocycles. The van der Waals surface area contributed by atoms with Gasteiger partial charge in [0.25, 0.3) is 5.69 Å². The average molecular weight is 518 g/mol. The van der Waals surface area contributed by atoms with E-state index < -0.39 is 33.8 Å². The molecule has 1 N–H and O–H groups in total. The van der Waals surface area contributed by atoms with Gasteiger partial charge in [-0.15, -0.1) is 5.10 Å². The molecule has 0 atom stereocenters. The fourth-order valence-corrected chi connectivity index (χ4v) is 3.65. The molecule has 12 nitrogen and oxygen atoms in total. The highest BCUT2D eigenvalue weighted by Gasteiger charge is 2.31. The number of hydrogen-bond donors (Lipinski definition) is 1. The van der Waals surface area contributed by atoms with E-state index >= 15 is 0 Å². The minimum Gasteiger partial charge on any atom is -0.497 e. The molecule has 0 aliphatic rings. The fourth-order valence-electron chi connectivity index (χ4n) is 3.65. The summed E-state index contributed by atoms with van der Waals surface area (Å²) in [5, 5.41) is 29.1. The number of rotatable bonds is 11. The SMILES string of the molecule is COc1ccc(COc2ccc([N+](=O)[O-])c(C(=O)c3nnn(Cc4ccc(OC)cc4)c3C(=O)O)c2)cc1. The minimum absolute atomic E-state index is 0.000979. The number of carboxylic acid groups (broad SMARTS) is 1. The van der Waals surface area contributed by atoms with E-state index in [-0.39, 0.29) is 24.5 Å². The lowest BCUT2D eigenvalue weighted by Crippen LogP contribution is -2.16. The third-order valence-corrected chi connectivity index (χ3v) is 5.62. The van der Waals surface area contributed by atoms with Crippen LogP contribution >= 0.6 is 0 Å². The maximum absolute atomic E-state index is 13.4. The highest BCUT2D eigenvalue weighted by atomic mass is 16.6. The largest absolute Gasteiger partial charge is 0.497 e. The van der Waals surface area contributed by atoms with Crippen LogP contribution in [0.3, 0.4) is 0 Å². The molecule has 0 fully saturated rings. The van der Waals surface area contributed by atoms with Gasteiger partial charge in [0, 0.05) is 6.07 Å². The van der Waals surface area contributed by atoms with Crippen LogP contribution in [0.1, 0.15) is 37.7 Å². The van der Waals surface area contributed by atoms with Crippen LogP contribution in [-0.2, 0) is 13.2 Å². The van der Waals surface area contributed by atoms with Crippen LogP contribution in [0.2, 0.25) is 0 Å². The van der Waals surface area contributed by atoms with Gasteiger partial charge in [-0.3, -0.25) is 14.9 Å². The normalized spacial score (nSPS) is 10.6. The van der Waals surface area contributed by atoms with E-state index in [0.29, 0.717) is 17.1 Å². The Bertz CT molecular complexity index is 1480. The summed E-state index contributed by atoms with van der Waals surface area (Å²) < 4.78 is 17.0. The van der Waals surface area contributed by atoms with Crippen molar-refractivity contribution < 1.29 is 33.8 Å². The molecule has 0 aliphatic carbocycles. The van der Waals surface area contributed by atoms with E-state index in [2.05, 4.69) is 10.3 Å². The van der Waals surface area contributed by atoms with Crippen molar-refractivity contribution >= 4 is 17.4 Å². The first-order valence-electron chi connectivity index (χ1n) is 11.2. The number of carbonyl (C=O) groups excluding carboxylic acids is 1. The van der Waals surface area contributed by atoms with Gasteiger partial charge in [0.1, 0.15) is 29.4 Å². The molecular weight excluding hydrogens is 496 g/mol. The number of ketones is 1. The highest BCUT2D eigenvalue weighted by molar-refractivity contribution is 6.14. The van der Waals surface area contributed by atoms with Crippen molar-refractivity contribution in [1.82, 2.24) is 15.0 Å². The lowest BCUT2D eigenvalue weighted by Gasteiger charge is -2.09. The third-order valence-electron chi connectivity index (χ3n) is 5.62. The Morgan fingerprint density at radius 1 is 0.921 bits per heavy atom. The lowest BCUT2D eigenvalue weighted by molar-refractivity contribution is -0.385. The maximum Gasteiger partial charge on any atom is 0.356 e. The van der Waals surface area contributed by atoms with Gasteiger partial charge in [-0.25, -0.2) is 9.48 Å². The predicted octanol–water partition coefficient (Wildman–Crippen LogP) is 3.76. The van der Waals surface area contributed by atoms with E-state index in [1.807, 2.05) is 0 Å². The zero-order chi connectivity index (χ0) is 27.2. The molecule has 0 amide bonds. The first-order chi connectivity index (χ1) is 18.3. The van der Waals surface area contributed by atoms with E-state index in [0.717, 1.165) is 16.3 Å². The van der Waals surface area contributed by atoms with Crippen molar-refractivity contribution in [3.63, 3.8) is 0 Å². The summed E-state index contributed by atoms with van der Waals surface area (Å²) in [5.74, 6) is -0.960. The number of aromatic carboxylic acids is 1. The Balaban J connectivity index is 1.63. The molecule has 194 valence electrons. The number of carboxylic acids is 1. The first-order valence-corrected chi connectivity index (χ1v) is 11.2. The third kappa shape index (κ3) is 5.59. The van der Waals surface area contributed by atoms with Gasteiger partial charge in [-0.05, 0) is 47.5 Å². The van der Waals surface area contributed by atoms with Crippen LogP contribution < -0.4 is 14.2 Å². The molecule has 0 radical (unpaired) electrons. The van der Waals surface area contributed by atoms with Gasteiger partial charge in [-0.1, -0.05) is 29.5 Å². The Morgan fingerprint density at radius 3 is 2.05 bits per heavy atom. The molecule has 1 aromatic heterocycles. The molecule has 0 saturated heterocycles. The van der Waals surface area contributed by atoms with E-state index in [1.54, 1.807) is 55.6 Å². The van der Waals surface area contributed by atoms with E-state index in [4.69, 9.17) is 14.2 Å². The zero-order valence-corrected chi connectivity index (χ0v) is 20.4. The van der Waals surface area contributed by atoms with Crippen molar-refractivity contribution in [2.45, 2.75) is 13.2 Å². The number of carbonyl (C=O) groups is 2. The lowest BCUT2D eigenvalue weighted by atomic mass is 10.0. The van der Waals surface area contributed by atoms with Gasteiger partial charge in [-0.2, -0.15) is 0 Å². The summed E-state index contributed by atoms with van der Waals surface area (Å²) in [7, 11) is 3.07. The van der Waals surface area contributed by atoms with Crippen LogP contribution in [-0.4, -0.2) is 51.0 Å². The number of nitrogens with zero attached hydrogens (tertiary/aromatic N) is 4. The molecule has 4 aromatic rings. The summed E-state index contributed by atoms with van der Waals surface area (Å²) in [5.41, 5.74) is -0.441. The molecule has 4 rings (SSSR count). The predicted molar refractivity (Wildman–Crippen MR) is 133 cm³/mol. The Kier molecular flexibility index (Phi) is 7.61. The molecule has 12 heteroatoms. The molecule has 0 bridgehead atoms. The van der Waals surface area contributed by atoms with E-state index in [1.165, 1.54) is 19.2 Å². The van der Waals surface area contributed by atoms with Crippen molar-refractivity contribution in [3.05, 3.63) is 105 Å². The zero-order valence-electron chi connectivity index (χ0n) is 20.4. The number of methoxy groups -OCH3 is 2. The number of nitro groups is 1. The Labute approximate surface area is 216 Å². The minimum atomic E-state index is -1.46. The van der Waals surface area contributed by atoms with Crippen LogP contribution in [0.4, 0.5) is 5.69 Å². The van der Waals surface area contributed by atoms with Crippen LogP contribution in [0.25, 0.3) is 0 Å². The number of nitro benzene ring substituents is 1. The number of ether oxygens (including phenoxy) is 3. The summed E-state index contributed by atoms with van der Waals surface area (Å²) in [6, 6.07) is 17.6. The van der Waals surface area contributed by atoms with Crippen molar-refractivity contribution in [2.24, 2.45) is 0 Å². The molecule has 0 aliphatic heterocycles. The topological polar surface area (TPSA) is 156 Å². The Hall–Kier alpha value is -5.26. The van der Waals surface area contributed by atoms with Crippen LogP contribution in [0.5, 0.6) is 17.2 Å². The molecule has 0 spiro atoms. The van der Waals surface area contributed by atoms with Gasteiger partial charge >= 0.3 is 5.97 Å². The number of benzene rings is 3. The molecule has 0 saturated carbocycles. The summed E-state index contributed by atoms with van der Waals surface area (Å²) in [6.45, 7) is 0.118. The second kappa shape index (κ2) is 11.2. The quantitative estimate of drug-likeness (QED) is 0.176. The fraction of sp³-hybridized carbons (Fsp3) is 0.154. The Morgan fingerprint density at radius 2 is 1.50 bits per heavy atom. The average Bonchev–Trinajstić information content (AvgIpc) is 3.35. The summed E-state index contributed by atoms with van der Waals surface area (Å²) >= 11 is 0. The molecular formula is C26H22N4O8. The van der Waals surface area contributed by atoms with Gasteiger partial charge < -0.3 is 19.3 Å². The second-order valence-corrected chi connectivity index (χ2v) is 8.00. The molecule has 3 aromatic carbocycles. The van der Waals surface area contributed by atoms with E-state index in [9.17, 15) is 24.8 Å². The summed E-state index contributed by atoms with van der Waals surface area (Å²) in [4.78, 5) is 36.4. The van der Waals surface area contributed by atoms with Gasteiger partial charge in [0.05, 0.1) is 25.7 Å². The smallest absolute Gasteiger partial charge is 0.356 e. The molecule has 0 unspecified atom stereocenters. The summed E-state index contributed by atoms with van der Waals surface area (Å²) in [6.07, 6.45) is 0. The highest BCUT2D eigenvalue weighted by Crippen LogP contribution is 2.28. The number of aromatic nitrogens is 3. The van der Waals surface area contributed by atoms with Crippen molar-refractivity contribution in [3.8, 4) is 17.2 Å². The van der Waals surface area contributed by atoms with Crippen LogP contribution in [0, 0.1) is 10.1 Å². The van der Waals surface area contributed by atoms with Crippen molar-refractivity contribution in [2.75, 3.05) is 14.2 Å². The first kappa shape index (κ1) is 25.8.